The molecule has 1 aromatic carbocycles. The smallest absolute Gasteiger partial charge is 0.271 e. The van der Waals surface area contributed by atoms with Crippen LogP contribution in [-0.4, -0.2) is 4.98 Å². The van der Waals surface area contributed by atoms with E-state index in [4.69, 9.17) is 5.84 Å². The number of hydrogen-bond acceptors (Lipinski definition) is 4. The SMILES string of the molecule is Cc1nc(C(NN)c2ccc(C(F)(F)F)cc2)cs1. The average Bonchev–Trinajstić information content (AvgIpc) is 2.76. The van der Waals surface area contributed by atoms with E-state index < -0.39 is 17.8 Å². The quantitative estimate of drug-likeness (QED) is 0.674. The zero-order chi connectivity index (χ0) is 14.0. The molecule has 1 unspecified atom stereocenters. The highest BCUT2D eigenvalue weighted by Gasteiger charge is 2.30. The fourth-order valence-corrected chi connectivity index (χ4v) is 2.37. The number of aryl methyl sites for hydroxylation is 1. The van der Waals surface area contributed by atoms with Crippen molar-refractivity contribution < 1.29 is 13.2 Å². The lowest BCUT2D eigenvalue weighted by molar-refractivity contribution is -0.137. The zero-order valence-electron chi connectivity index (χ0n) is 10.0. The Bertz CT molecular complexity index is 548. The maximum absolute atomic E-state index is 12.5. The number of rotatable bonds is 3. The molecule has 1 heterocycles. The predicted octanol–water partition coefficient (Wildman–Crippen LogP) is 3.02. The summed E-state index contributed by atoms with van der Waals surface area (Å²) < 4.78 is 37.4. The summed E-state index contributed by atoms with van der Waals surface area (Å²) in [4.78, 5) is 4.28. The highest BCUT2D eigenvalue weighted by molar-refractivity contribution is 7.09. The van der Waals surface area contributed by atoms with Crippen molar-refractivity contribution in [3.8, 4) is 0 Å². The Morgan fingerprint density at radius 1 is 1.26 bits per heavy atom. The van der Waals surface area contributed by atoms with Gasteiger partial charge in [0.25, 0.3) is 0 Å². The molecule has 0 saturated heterocycles. The molecular formula is C12H12F3N3S. The van der Waals surface area contributed by atoms with Crippen molar-refractivity contribution in [2.45, 2.75) is 19.1 Å². The molecule has 0 aliphatic rings. The first kappa shape index (κ1) is 14.0. The third-order valence-electron chi connectivity index (χ3n) is 2.67. The van der Waals surface area contributed by atoms with Crippen LogP contribution in [0.2, 0.25) is 0 Å². The summed E-state index contributed by atoms with van der Waals surface area (Å²) in [7, 11) is 0. The zero-order valence-corrected chi connectivity index (χ0v) is 10.8. The Kier molecular flexibility index (Phi) is 3.88. The summed E-state index contributed by atoms with van der Waals surface area (Å²) in [6.45, 7) is 1.86. The van der Waals surface area contributed by atoms with Crippen LogP contribution in [-0.2, 0) is 6.18 Å². The van der Waals surface area contributed by atoms with Crippen LogP contribution < -0.4 is 11.3 Å². The van der Waals surface area contributed by atoms with Gasteiger partial charge in [-0.15, -0.1) is 11.3 Å². The molecule has 0 bridgehead atoms. The Labute approximate surface area is 112 Å². The number of thiazole rings is 1. The molecule has 19 heavy (non-hydrogen) atoms. The Balaban J connectivity index is 2.30. The summed E-state index contributed by atoms with van der Waals surface area (Å²) in [5.74, 6) is 5.46. The lowest BCUT2D eigenvalue weighted by Crippen LogP contribution is -2.29. The van der Waals surface area contributed by atoms with Gasteiger partial charge >= 0.3 is 6.18 Å². The normalized spacial score (nSPS) is 13.5. The van der Waals surface area contributed by atoms with Crippen molar-refractivity contribution in [1.82, 2.24) is 10.4 Å². The molecule has 2 rings (SSSR count). The second kappa shape index (κ2) is 5.28. The van der Waals surface area contributed by atoms with Crippen LogP contribution in [0.1, 0.15) is 27.9 Å². The van der Waals surface area contributed by atoms with Crippen molar-refractivity contribution in [2.24, 2.45) is 5.84 Å². The fraction of sp³-hybridized carbons (Fsp3) is 0.250. The van der Waals surface area contributed by atoms with Gasteiger partial charge in [0.2, 0.25) is 0 Å². The van der Waals surface area contributed by atoms with E-state index in [0.717, 1.165) is 17.1 Å². The second-order valence-electron chi connectivity index (χ2n) is 4.01. The van der Waals surface area contributed by atoms with Crippen LogP contribution >= 0.6 is 11.3 Å². The van der Waals surface area contributed by atoms with Crippen LogP contribution in [0.4, 0.5) is 13.2 Å². The molecule has 1 aromatic heterocycles. The largest absolute Gasteiger partial charge is 0.416 e. The van der Waals surface area contributed by atoms with E-state index >= 15 is 0 Å². The predicted molar refractivity (Wildman–Crippen MR) is 67.5 cm³/mol. The summed E-state index contributed by atoms with van der Waals surface area (Å²) in [5, 5.41) is 2.71. The van der Waals surface area contributed by atoms with E-state index in [1.54, 1.807) is 0 Å². The van der Waals surface area contributed by atoms with Crippen LogP contribution in [0.25, 0.3) is 0 Å². The summed E-state index contributed by atoms with van der Waals surface area (Å²) in [5.41, 5.74) is 3.23. The van der Waals surface area contributed by atoms with Gasteiger partial charge in [-0.25, -0.2) is 10.4 Å². The molecule has 3 N–H and O–H groups in total. The van der Waals surface area contributed by atoms with E-state index in [9.17, 15) is 13.2 Å². The minimum atomic E-state index is -4.33. The van der Waals surface area contributed by atoms with Crippen molar-refractivity contribution in [3.05, 3.63) is 51.5 Å². The number of benzene rings is 1. The van der Waals surface area contributed by atoms with Gasteiger partial charge in [-0.3, -0.25) is 5.84 Å². The molecule has 0 saturated carbocycles. The Hall–Kier alpha value is -1.44. The highest BCUT2D eigenvalue weighted by Crippen LogP contribution is 2.31. The van der Waals surface area contributed by atoms with E-state index in [0.29, 0.717) is 11.3 Å². The van der Waals surface area contributed by atoms with Crippen LogP contribution in [0.5, 0.6) is 0 Å². The molecule has 3 nitrogen and oxygen atoms in total. The van der Waals surface area contributed by atoms with Gasteiger partial charge in [-0.1, -0.05) is 12.1 Å². The Morgan fingerprint density at radius 3 is 2.32 bits per heavy atom. The molecular weight excluding hydrogens is 275 g/mol. The van der Waals surface area contributed by atoms with E-state index in [2.05, 4.69) is 10.4 Å². The summed E-state index contributed by atoms with van der Waals surface area (Å²) >= 11 is 1.46. The highest BCUT2D eigenvalue weighted by atomic mass is 32.1. The number of halogens is 3. The van der Waals surface area contributed by atoms with Gasteiger partial charge in [0.1, 0.15) is 0 Å². The molecule has 2 aromatic rings. The van der Waals surface area contributed by atoms with Crippen LogP contribution in [0, 0.1) is 6.92 Å². The minimum absolute atomic E-state index is 0.410. The first-order valence-electron chi connectivity index (χ1n) is 5.47. The lowest BCUT2D eigenvalue weighted by atomic mass is 10.0. The average molecular weight is 287 g/mol. The summed E-state index contributed by atoms with van der Waals surface area (Å²) in [6, 6.07) is 4.48. The lowest BCUT2D eigenvalue weighted by Gasteiger charge is -2.15. The van der Waals surface area contributed by atoms with Crippen molar-refractivity contribution in [1.29, 1.82) is 0 Å². The third kappa shape index (κ3) is 3.12. The number of aromatic nitrogens is 1. The maximum Gasteiger partial charge on any atom is 0.416 e. The number of hydrogen-bond donors (Lipinski definition) is 2. The third-order valence-corrected chi connectivity index (χ3v) is 3.46. The second-order valence-corrected chi connectivity index (χ2v) is 5.07. The molecule has 0 radical (unpaired) electrons. The molecule has 7 heteroatoms. The number of nitrogens with one attached hydrogen (secondary N) is 1. The number of alkyl halides is 3. The standard InChI is InChI=1S/C12H12F3N3S/c1-7-17-10(6-19-7)11(18-16)8-2-4-9(5-3-8)12(13,14)15/h2-6,11,18H,16H2,1H3. The maximum atomic E-state index is 12.5. The van der Waals surface area contributed by atoms with E-state index in [-0.39, 0.29) is 0 Å². The number of nitrogens with zero attached hydrogens (tertiary/aromatic N) is 1. The molecule has 102 valence electrons. The van der Waals surface area contributed by atoms with E-state index in [1.165, 1.54) is 23.5 Å². The van der Waals surface area contributed by atoms with Gasteiger partial charge in [0, 0.05) is 5.38 Å². The van der Waals surface area contributed by atoms with Gasteiger partial charge in [0.05, 0.1) is 22.3 Å². The molecule has 0 aliphatic carbocycles. The molecule has 0 fully saturated rings. The molecule has 1 atom stereocenters. The topological polar surface area (TPSA) is 50.9 Å². The van der Waals surface area contributed by atoms with Crippen molar-refractivity contribution in [3.63, 3.8) is 0 Å². The first-order valence-corrected chi connectivity index (χ1v) is 6.35. The Morgan fingerprint density at radius 2 is 1.89 bits per heavy atom. The number of nitrogens with two attached hydrogens (primary N) is 1. The van der Waals surface area contributed by atoms with Crippen molar-refractivity contribution in [2.75, 3.05) is 0 Å². The molecule has 0 spiro atoms. The van der Waals surface area contributed by atoms with E-state index in [1.807, 2.05) is 12.3 Å². The number of hydrazine groups is 1. The molecule has 0 amide bonds. The monoisotopic (exact) mass is 287 g/mol. The fourth-order valence-electron chi connectivity index (χ4n) is 1.73. The first-order chi connectivity index (χ1) is 8.91. The van der Waals surface area contributed by atoms with Gasteiger partial charge in [0.15, 0.2) is 0 Å². The van der Waals surface area contributed by atoms with Gasteiger partial charge < -0.3 is 0 Å². The van der Waals surface area contributed by atoms with Crippen LogP contribution in [0.15, 0.2) is 29.6 Å². The summed E-state index contributed by atoms with van der Waals surface area (Å²) in [6.07, 6.45) is -4.33. The van der Waals surface area contributed by atoms with Gasteiger partial charge in [-0.05, 0) is 24.6 Å². The minimum Gasteiger partial charge on any atom is -0.271 e. The van der Waals surface area contributed by atoms with Crippen LogP contribution in [0.3, 0.4) is 0 Å². The van der Waals surface area contributed by atoms with Crippen molar-refractivity contribution >= 4 is 11.3 Å². The molecule has 0 aliphatic heterocycles. The van der Waals surface area contributed by atoms with Gasteiger partial charge in [-0.2, -0.15) is 13.2 Å².